The molecule has 0 spiro atoms. The van der Waals surface area contributed by atoms with Gasteiger partial charge in [-0.15, -0.1) is 0 Å². The van der Waals surface area contributed by atoms with Gasteiger partial charge in [-0.05, 0) is 31.3 Å². The van der Waals surface area contributed by atoms with Crippen LogP contribution >= 0.6 is 0 Å². The lowest BCUT2D eigenvalue weighted by Gasteiger charge is -2.34. The molecular weight excluding hydrogens is 174 g/mol. The summed E-state index contributed by atoms with van der Waals surface area (Å²) in [5, 5.41) is 3.07. The number of allylic oxidation sites excluding steroid dienone is 1. The maximum absolute atomic E-state index is 11.4. The van der Waals surface area contributed by atoms with E-state index in [1.54, 1.807) is 12.2 Å². The third-order valence-corrected chi connectivity index (χ3v) is 3.35. The number of carbonyl (C=O) groups excluding carboxylic acids is 1. The Morgan fingerprint density at radius 1 is 1.36 bits per heavy atom. The molecule has 0 bridgehead atoms. The number of rotatable bonds is 2. The van der Waals surface area contributed by atoms with Crippen LogP contribution in [0.15, 0.2) is 12.2 Å². The molecule has 1 rings (SSSR count). The highest BCUT2D eigenvalue weighted by Gasteiger charge is 2.27. The third kappa shape index (κ3) is 2.86. The van der Waals surface area contributed by atoms with Crippen molar-refractivity contribution in [2.24, 2.45) is 11.8 Å². The molecule has 2 nitrogen and oxygen atoms in total. The van der Waals surface area contributed by atoms with Gasteiger partial charge >= 0.3 is 0 Å². The van der Waals surface area contributed by atoms with Crippen LogP contribution in [0.4, 0.5) is 0 Å². The Bertz CT molecular complexity index is 222. The molecule has 1 amide bonds. The minimum Gasteiger partial charge on any atom is -0.350 e. The second-order valence-corrected chi connectivity index (χ2v) is 4.38. The molecule has 14 heavy (non-hydrogen) atoms. The average molecular weight is 195 g/mol. The second kappa shape index (κ2) is 5.18. The first-order chi connectivity index (χ1) is 6.65. The fourth-order valence-electron chi connectivity index (χ4n) is 2.17. The molecule has 1 N–H and O–H groups in total. The van der Waals surface area contributed by atoms with Gasteiger partial charge in [0.2, 0.25) is 5.91 Å². The number of hydrogen-bond donors (Lipinski definition) is 1. The van der Waals surface area contributed by atoms with Crippen LogP contribution in [0.2, 0.25) is 0 Å². The Morgan fingerprint density at radius 2 is 2.07 bits per heavy atom. The molecule has 0 heterocycles. The maximum Gasteiger partial charge on any atom is 0.243 e. The summed E-state index contributed by atoms with van der Waals surface area (Å²) in [5.74, 6) is 1.40. The molecule has 3 unspecified atom stereocenters. The molecule has 1 saturated carbocycles. The van der Waals surface area contributed by atoms with Gasteiger partial charge in [0, 0.05) is 6.04 Å². The average Bonchev–Trinajstić information content (AvgIpc) is 2.13. The van der Waals surface area contributed by atoms with E-state index in [0.717, 1.165) is 12.3 Å². The molecule has 3 atom stereocenters. The largest absolute Gasteiger partial charge is 0.350 e. The van der Waals surface area contributed by atoms with Crippen molar-refractivity contribution in [1.82, 2.24) is 5.32 Å². The summed E-state index contributed by atoms with van der Waals surface area (Å²) in [6.45, 7) is 6.38. The van der Waals surface area contributed by atoms with Gasteiger partial charge in [-0.3, -0.25) is 4.79 Å². The molecule has 1 aliphatic carbocycles. The molecule has 0 aromatic heterocycles. The van der Waals surface area contributed by atoms with Crippen molar-refractivity contribution in [3.05, 3.63) is 12.2 Å². The molecule has 1 aliphatic rings. The van der Waals surface area contributed by atoms with Crippen molar-refractivity contribution in [2.75, 3.05) is 0 Å². The van der Waals surface area contributed by atoms with Gasteiger partial charge in [-0.2, -0.15) is 0 Å². The number of hydrogen-bond acceptors (Lipinski definition) is 1. The lowest BCUT2D eigenvalue weighted by molar-refractivity contribution is -0.117. The Kier molecular flexibility index (Phi) is 4.18. The van der Waals surface area contributed by atoms with Crippen LogP contribution in [0.25, 0.3) is 0 Å². The molecule has 0 aromatic rings. The first-order valence-corrected chi connectivity index (χ1v) is 5.58. The third-order valence-electron chi connectivity index (χ3n) is 3.35. The van der Waals surface area contributed by atoms with E-state index in [9.17, 15) is 4.79 Å². The van der Waals surface area contributed by atoms with Crippen molar-refractivity contribution >= 4 is 5.91 Å². The monoisotopic (exact) mass is 195 g/mol. The van der Waals surface area contributed by atoms with Crippen LogP contribution in [0, 0.1) is 11.8 Å². The van der Waals surface area contributed by atoms with E-state index >= 15 is 0 Å². The van der Waals surface area contributed by atoms with E-state index in [0.29, 0.717) is 12.0 Å². The van der Waals surface area contributed by atoms with Crippen LogP contribution < -0.4 is 5.32 Å². The molecule has 1 fully saturated rings. The highest BCUT2D eigenvalue weighted by molar-refractivity contribution is 5.87. The van der Waals surface area contributed by atoms with E-state index in [1.165, 1.54) is 12.8 Å². The second-order valence-electron chi connectivity index (χ2n) is 4.38. The van der Waals surface area contributed by atoms with E-state index in [-0.39, 0.29) is 5.91 Å². The molecule has 0 saturated heterocycles. The number of carbonyl (C=O) groups is 1. The van der Waals surface area contributed by atoms with Crippen LogP contribution in [-0.4, -0.2) is 11.9 Å². The quantitative estimate of drug-likeness (QED) is 0.674. The van der Waals surface area contributed by atoms with Crippen LogP contribution in [0.1, 0.15) is 40.0 Å². The molecule has 0 aliphatic heterocycles. The first kappa shape index (κ1) is 11.3. The summed E-state index contributed by atoms with van der Waals surface area (Å²) in [7, 11) is 0. The standard InChI is InChI=1S/C12H21NO/c1-4-6-12(14)13-11-8-5-7-9(2)10(11)3/h4,6,9-11H,5,7-8H2,1-3H3,(H,13,14). The van der Waals surface area contributed by atoms with E-state index in [1.807, 2.05) is 6.92 Å². The van der Waals surface area contributed by atoms with Crippen LogP contribution in [0.5, 0.6) is 0 Å². The van der Waals surface area contributed by atoms with Gasteiger partial charge in [0.1, 0.15) is 0 Å². The highest BCUT2D eigenvalue weighted by Crippen LogP contribution is 2.29. The van der Waals surface area contributed by atoms with Gasteiger partial charge in [0.15, 0.2) is 0 Å². The lowest BCUT2D eigenvalue weighted by Crippen LogP contribution is -2.43. The summed E-state index contributed by atoms with van der Waals surface area (Å²) in [6.07, 6.45) is 7.07. The number of nitrogens with one attached hydrogen (secondary N) is 1. The van der Waals surface area contributed by atoms with Gasteiger partial charge in [-0.1, -0.05) is 32.8 Å². The van der Waals surface area contributed by atoms with Crippen molar-refractivity contribution < 1.29 is 4.79 Å². The zero-order chi connectivity index (χ0) is 10.6. The molecule has 0 aromatic carbocycles. The smallest absolute Gasteiger partial charge is 0.243 e. The van der Waals surface area contributed by atoms with Crippen molar-refractivity contribution in [3.8, 4) is 0 Å². The minimum atomic E-state index is 0.0541. The molecule has 80 valence electrons. The zero-order valence-corrected chi connectivity index (χ0v) is 9.42. The van der Waals surface area contributed by atoms with E-state index < -0.39 is 0 Å². The zero-order valence-electron chi connectivity index (χ0n) is 9.42. The topological polar surface area (TPSA) is 29.1 Å². The minimum absolute atomic E-state index is 0.0541. The van der Waals surface area contributed by atoms with Crippen molar-refractivity contribution in [3.63, 3.8) is 0 Å². The summed E-state index contributed by atoms with van der Waals surface area (Å²) >= 11 is 0. The maximum atomic E-state index is 11.4. The molecule has 2 heteroatoms. The summed E-state index contributed by atoms with van der Waals surface area (Å²) < 4.78 is 0. The Labute approximate surface area is 86.8 Å². The van der Waals surface area contributed by atoms with E-state index in [4.69, 9.17) is 0 Å². The van der Waals surface area contributed by atoms with Gasteiger partial charge in [0.25, 0.3) is 0 Å². The fraction of sp³-hybridized carbons (Fsp3) is 0.750. The molecule has 0 radical (unpaired) electrons. The highest BCUT2D eigenvalue weighted by atomic mass is 16.1. The number of amides is 1. The Morgan fingerprint density at radius 3 is 2.71 bits per heavy atom. The van der Waals surface area contributed by atoms with Gasteiger partial charge in [0.05, 0.1) is 0 Å². The molecular formula is C12H21NO. The summed E-state index contributed by atoms with van der Waals surface area (Å²) in [6, 6.07) is 0.377. The van der Waals surface area contributed by atoms with Crippen LogP contribution in [0.3, 0.4) is 0 Å². The Balaban J connectivity index is 2.46. The predicted octanol–water partition coefficient (Wildman–Crippen LogP) is 2.50. The van der Waals surface area contributed by atoms with Crippen molar-refractivity contribution in [2.45, 2.75) is 46.1 Å². The first-order valence-electron chi connectivity index (χ1n) is 5.58. The summed E-state index contributed by atoms with van der Waals surface area (Å²) in [5.41, 5.74) is 0. The lowest BCUT2D eigenvalue weighted by atomic mass is 9.78. The predicted molar refractivity (Wildman–Crippen MR) is 58.9 cm³/mol. The Hall–Kier alpha value is -0.790. The van der Waals surface area contributed by atoms with Crippen molar-refractivity contribution in [1.29, 1.82) is 0 Å². The normalized spacial score (nSPS) is 33.2. The SMILES string of the molecule is CC=CC(=O)NC1CCCC(C)C1C. The summed E-state index contributed by atoms with van der Waals surface area (Å²) in [4.78, 5) is 11.4. The van der Waals surface area contributed by atoms with E-state index in [2.05, 4.69) is 19.2 Å². The van der Waals surface area contributed by atoms with Gasteiger partial charge < -0.3 is 5.32 Å². The fourth-order valence-corrected chi connectivity index (χ4v) is 2.17. The van der Waals surface area contributed by atoms with Gasteiger partial charge in [-0.25, -0.2) is 0 Å². The van der Waals surface area contributed by atoms with Crippen LogP contribution in [-0.2, 0) is 4.79 Å².